The third kappa shape index (κ3) is 3.56. The lowest BCUT2D eigenvalue weighted by molar-refractivity contribution is -0.0543. The first-order valence-electron chi connectivity index (χ1n) is 6.81. The minimum atomic E-state index is -0.363. The van der Waals surface area contributed by atoms with E-state index in [1.165, 1.54) is 11.2 Å². The third-order valence-electron chi connectivity index (χ3n) is 3.12. The van der Waals surface area contributed by atoms with Crippen LogP contribution >= 0.6 is 0 Å². The number of carbonyl (C=O) groups is 1. The summed E-state index contributed by atoms with van der Waals surface area (Å²) in [5, 5.41) is 0. The fraction of sp³-hybridized carbons (Fsp3) is 0.692. The van der Waals surface area contributed by atoms with Crippen molar-refractivity contribution in [2.24, 2.45) is 5.73 Å². The second kappa shape index (κ2) is 6.83. The Bertz CT molecular complexity index is 443. The van der Waals surface area contributed by atoms with Gasteiger partial charge in [-0.2, -0.15) is 0 Å². The number of ether oxygens (including phenoxy) is 2. The molecule has 2 rings (SSSR count). The van der Waals surface area contributed by atoms with Crippen LogP contribution in [-0.2, 0) is 9.47 Å². The average Bonchev–Trinajstić information content (AvgIpc) is 3.09. The van der Waals surface area contributed by atoms with Crippen molar-refractivity contribution in [3.63, 3.8) is 0 Å². The number of carbonyl (C=O) groups excluding carboxylic acids is 1. The first-order chi connectivity index (χ1) is 9.61. The zero-order valence-corrected chi connectivity index (χ0v) is 11.9. The molecule has 1 fully saturated rings. The summed E-state index contributed by atoms with van der Waals surface area (Å²) in [4.78, 5) is 17.8. The first kappa shape index (κ1) is 15.0. The highest BCUT2D eigenvalue weighted by atomic mass is 16.7. The van der Waals surface area contributed by atoms with Crippen molar-refractivity contribution < 1.29 is 18.7 Å². The van der Waals surface area contributed by atoms with E-state index < -0.39 is 0 Å². The van der Waals surface area contributed by atoms with Gasteiger partial charge in [-0.1, -0.05) is 13.3 Å². The lowest BCUT2D eigenvalue weighted by atomic mass is 10.2. The molecule has 1 atom stereocenters. The summed E-state index contributed by atoms with van der Waals surface area (Å²) in [7, 11) is 1.67. The highest BCUT2D eigenvalue weighted by Gasteiger charge is 2.24. The van der Waals surface area contributed by atoms with Gasteiger partial charge < -0.3 is 24.5 Å². The SMILES string of the molecule is CCCC(N)c1nc(C(=O)N(C)CC2OCCO2)co1. The fourth-order valence-corrected chi connectivity index (χ4v) is 2.01. The van der Waals surface area contributed by atoms with E-state index in [1.807, 2.05) is 6.92 Å². The minimum Gasteiger partial charge on any atom is -0.446 e. The Kier molecular flexibility index (Phi) is 5.11. The number of hydrogen-bond donors (Lipinski definition) is 1. The minimum absolute atomic E-state index is 0.234. The molecule has 1 amide bonds. The molecule has 1 saturated heterocycles. The molecule has 0 radical (unpaired) electrons. The molecule has 0 saturated carbocycles. The molecular formula is C13H21N3O4. The maximum atomic E-state index is 12.2. The molecule has 7 heteroatoms. The van der Waals surface area contributed by atoms with Gasteiger partial charge in [0.1, 0.15) is 6.26 Å². The highest BCUT2D eigenvalue weighted by molar-refractivity contribution is 5.91. The van der Waals surface area contributed by atoms with Crippen LogP contribution < -0.4 is 5.73 Å². The molecule has 0 aromatic carbocycles. The number of amides is 1. The summed E-state index contributed by atoms with van der Waals surface area (Å²) in [5.74, 6) is 0.166. The number of rotatable bonds is 6. The van der Waals surface area contributed by atoms with Gasteiger partial charge in [0.25, 0.3) is 5.91 Å². The van der Waals surface area contributed by atoms with Gasteiger partial charge in [0.15, 0.2) is 12.0 Å². The first-order valence-corrected chi connectivity index (χ1v) is 6.81. The van der Waals surface area contributed by atoms with Crippen molar-refractivity contribution in [2.75, 3.05) is 26.8 Å². The highest BCUT2D eigenvalue weighted by Crippen LogP contribution is 2.16. The van der Waals surface area contributed by atoms with E-state index in [0.717, 1.165) is 12.8 Å². The molecule has 1 unspecified atom stereocenters. The molecule has 2 heterocycles. The summed E-state index contributed by atoms with van der Waals surface area (Å²) in [5.41, 5.74) is 6.16. The molecule has 20 heavy (non-hydrogen) atoms. The van der Waals surface area contributed by atoms with Crippen LogP contribution in [0.4, 0.5) is 0 Å². The van der Waals surface area contributed by atoms with Crippen LogP contribution in [0.2, 0.25) is 0 Å². The number of likely N-dealkylation sites (N-methyl/N-ethyl adjacent to an activating group) is 1. The molecule has 7 nitrogen and oxygen atoms in total. The molecule has 112 valence electrons. The Morgan fingerprint density at radius 1 is 1.55 bits per heavy atom. The van der Waals surface area contributed by atoms with Crippen molar-refractivity contribution in [3.8, 4) is 0 Å². The average molecular weight is 283 g/mol. The van der Waals surface area contributed by atoms with Crippen LogP contribution in [0.25, 0.3) is 0 Å². The Morgan fingerprint density at radius 3 is 2.90 bits per heavy atom. The van der Waals surface area contributed by atoms with Gasteiger partial charge in [-0.05, 0) is 6.42 Å². The molecule has 0 bridgehead atoms. The molecule has 1 aromatic rings. The quantitative estimate of drug-likeness (QED) is 0.834. The normalized spacial score (nSPS) is 17.4. The predicted octanol–water partition coefficient (Wildman–Crippen LogP) is 0.919. The van der Waals surface area contributed by atoms with Gasteiger partial charge in [-0.3, -0.25) is 4.79 Å². The predicted molar refractivity (Wildman–Crippen MR) is 71.0 cm³/mol. The third-order valence-corrected chi connectivity index (χ3v) is 3.12. The fourth-order valence-electron chi connectivity index (χ4n) is 2.01. The number of nitrogens with two attached hydrogens (primary N) is 1. The summed E-state index contributed by atoms with van der Waals surface area (Å²) in [6, 6.07) is -0.270. The van der Waals surface area contributed by atoms with E-state index in [-0.39, 0.29) is 23.9 Å². The second-order valence-corrected chi connectivity index (χ2v) is 4.82. The monoisotopic (exact) mass is 283 g/mol. The standard InChI is InChI=1S/C13H21N3O4/c1-3-4-9(14)12-15-10(8-20-12)13(17)16(2)7-11-18-5-6-19-11/h8-9,11H,3-7,14H2,1-2H3. The van der Waals surface area contributed by atoms with E-state index in [1.54, 1.807) is 7.05 Å². The van der Waals surface area contributed by atoms with Crippen LogP contribution in [0.15, 0.2) is 10.7 Å². The maximum Gasteiger partial charge on any atom is 0.275 e. The molecule has 0 aliphatic carbocycles. The largest absolute Gasteiger partial charge is 0.446 e. The van der Waals surface area contributed by atoms with Crippen molar-refractivity contribution in [2.45, 2.75) is 32.1 Å². The van der Waals surface area contributed by atoms with E-state index >= 15 is 0 Å². The van der Waals surface area contributed by atoms with Crippen molar-refractivity contribution >= 4 is 5.91 Å². The summed E-state index contributed by atoms with van der Waals surface area (Å²) in [6.07, 6.45) is 2.69. The molecule has 1 aromatic heterocycles. The zero-order chi connectivity index (χ0) is 14.5. The number of nitrogens with zero attached hydrogens (tertiary/aromatic N) is 2. The van der Waals surface area contributed by atoms with Crippen LogP contribution in [0.1, 0.15) is 42.2 Å². The molecule has 1 aliphatic rings. The van der Waals surface area contributed by atoms with Crippen LogP contribution in [0, 0.1) is 0 Å². The lowest BCUT2D eigenvalue weighted by Gasteiger charge is -2.18. The Labute approximate surface area is 118 Å². The Balaban J connectivity index is 1.94. The number of aromatic nitrogens is 1. The van der Waals surface area contributed by atoms with E-state index in [2.05, 4.69) is 4.98 Å². The Morgan fingerprint density at radius 2 is 2.25 bits per heavy atom. The second-order valence-electron chi connectivity index (χ2n) is 4.82. The van der Waals surface area contributed by atoms with Crippen molar-refractivity contribution in [3.05, 3.63) is 17.8 Å². The number of oxazole rings is 1. The smallest absolute Gasteiger partial charge is 0.275 e. The van der Waals surface area contributed by atoms with Crippen LogP contribution in [0.5, 0.6) is 0 Å². The molecule has 2 N–H and O–H groups in total. The summed E-state index contributed by atoms with van der Waals surface area (Å²) >= 11 is 0. The van der Waals surface area contributed by atoms with Crippen LogP contribution in [-0.4, -0.2) is 48.9 Å². The van der Waals surface area contributed by atoms with E-state index in [4.69, 9.17) is 19.6 Å². The van der Waals surface area contributed by atoms with Crippen molar-refractivity contribution in [1.82, 2.24) is 9.88 Å². The van der Waals surface area contributed by atoms with Crippen molar-refractivity contribution in [1.29, 1.82) is 0 Å². The lowest BCUT2D eigenvalue weighted by Crippen LogP contribution is -2.35. The van der Waals surface area contributed by atoms with Gasteiger partial charge in [0.05, 0.1) is 25.8 Å². The van der Waals surface area contributed by atoms with E-state index in [9.17, 15) is 4.79 Å². The van der Waals surface area contributed by atoms with Gasteiger partial charge in [0, 0.05) is 7.05 Å². The maximum absolute atomic E-state index is 12.2. The van der Waals surface area contributed by atoms with E-state index in [0.29, 0.717) is 25.6 Å². The van der Waals surface area contributed by atoms with Gasteiger partial charge >= 0.3 is 0 Å². The molecule has 1 aliphatic heterocycles. The zero-order valence-electron chi connectivity index (χ0n) is 11.9. The van der Waals surface area contributed by atoms with Gasteiger partial charge in [-0.25, -0.2) is 4.98 Å². The Hall–Kier alpha value is -1.44. The number of hydrogen-bond acceptors (Lipinski definition) is 6. The van der Waals surface area contributed by atoms with Crippen LogP contribution in [0.3, 0.4) is 0 Å². The molecule has 0 spiro atoms. The summed E-state index contributed by atoms with van der Waals surface area (Å²) in [6.45, 7) is 3.52. The topological polar surface area (TPSA) is 90.8 Å². The molecular weight excluding hydrogens is 262 g/mol. The van der Waals surface area contributed by atoms with Gasteiger partial charge in [-0.15, -0.1) is 0 Å². The summed E-state index contributed by atoms with van der Waals surface area (Å²) < 4.78 is 15.9. The van der Waals surface area contributed by atoms with Gasteiger partial charge in [0.2, 0.25) is 5.89 Å².